The van der Waals surface area contributed by atoms with Crippen LogP contribution in [0.4, 0.5) is 10.5 Å². The molecule has 1 heterocycles. The van der Waals surface area contributed by atoms with E-state index >= 15 is 0 Å². The van der Waals surface area contributed by atoms with Crippen LogP contribution in [0.5, 0.6) is 11.5 Å². The van der Waals surface area contributed by atoms with Gasteiger partial charge in [-0.1, -0.05) is 42.5 Å². The van der Waals surface area contributed by atoms with E-state index in [1.165, 1.54) is 12.0 Å². The van der Waals surface area contributed by atoms with Gasteiger partial charge in [0, 0.05) is 5.69 Å². The molecule has 184 valence electrons. The molecule has 36 heavy (non-hydrogen) atoms. The molecule has 1 N–H and O–H groups in total. The normalized spacial score (nSPS) is 14.3. The summed E-state index contributed by atoms with van der Waals surface area (Å²) >= 11 is 0.909. The Kier molecular flexibility index (Phi) is 7.75. The molecule has 3 aromatic rings. The fraction of sp³-hybridized carbons (Fsp3) is 0.179. The predicted octanol–water partition coefficient (Wildman–Crippen LogP) is 5.57. The predicted molar refractivity (Wildman–Crippen MR) is 141 cm³/mol. The quantitative estimate of drug-likeness (QED) is 0.406. The van der Waals surface area contributed by atoms with Crippen LogP contribution in [0.2, 0.25) is 0 Å². The molecule has 0 saturated carbocycles. The molecule has 0 bridgehead atoms. The minimum absolute atomic E-state index is 0.193. The highest BCUT2D eigenvalue weighted by molar-refractivity contribution is 8.18. The average Bonchev–Trinajstić information content (AvgIpc) is 3.11. The number of ether oxygens (including phenoxy) is 2. The van der Waals surface area contributed by atoms with Gasteiger partial charge in [-0.2, -0.15) is 0 Å². The number of nitrogens with one attached hydrogen (secondary N) is 1. The Labute approximate surface area is 214 Å². The van der Waals surface area contributed by atoms with Gasteiger partial charge in [0.1, 0.15) is 0 Å². The summed E-state index contributed by atoms with van der Waals surface area (Å²) in [4.78, 5) is 39.3. The van der Waals surface area contributed by atoms with Crippen molar-refractivity contribution >= 4 is 40.6 Å². The molecule has 0 atom stereocenters. The van der Waals surface area contributed by atoms with Crippen LogP contribution in [0.25, 0.3) is 6.08 Å². The molecule has 0 aromatic heterocycles. The zero-order valence-corrected chi connectivity index (χ0v) is 21.1. The maximum Gasteiger partial charge on any atom is 0.293 e. The molecule has 7 nitrogen and oxygen atoms in total. The Hall–Kier alpha value is -4.04. The van der Waals surface area contributed by atoms with E-state index in [9.17, 15) is 14.4 Å². The van der Waals surface area contributed by atoms with Crippen molar-refractivity contribution in [3.63, 3.8) is 0 Å². The van der Waals surface area contributed by atoms with Gasteiger partial charge in [0.25, 0.3) is 17.1 Å². The maximum atomic E-state index is 12.9. The van der Waals surface area contributed by atoms with Crippen LogP contribution < -0.4 is 14.8 Å². The first-order chi connectivity index (χ1) is 17.3. The molecule has 3 aromatic carbocycles. The van der Waals surface area contributed by atoms with Gasteiger partial charge < -0.3 is 14.8 Å². The van der Waals surface area contributed by atoms with Crippen molar-refractivity contribution < 1.29 is 23.9 Å². The third-order valence-corrected chi connectivity index (χ3v) is 6.52. The Morgan fingerprint density at radius 3 is 2.56 bits per heavy atom. The first-order valence-electron chi connectivity index (χ1n) is 11.3. The summed E-state index contributed by atoms with van der Waals surface area (Å²) in [5.74, 6) is 0.169. The van der Waals surface area contributed by atoms with Gasteiger partial charge in [-0.25, -0.2) is 0 Å². The molecule has 0 unspecified atom stereocenters. The topological polar surface area (TPSA) is 84.9 Å². The number of methoxy groups -OCH3 is 1. The highest BCUT2D eigenvalue weighted by atomic mass is 32.2. The second-order valence-corrected chi connectivity index (χ2v) is 9.30. The van der Waals surface area contributed by atoms with Crippen molar-refractivity contribution in [1.29, 1.82) is 0 Å². The molecule has 1 fully saturated rings. The van der Waals surface area contributed by atoms with Crippen LogP contribution in [0.15, 0.2) is 71.6 Å². The van der Waals surface area contributed by atoms with Gasteiger partial charge in [0.15, 0.2) is 18.1 Å². The number of anilines is 1. The Morgan fingerprint density at radius 2 is 1.81 bits per heavy atom. The zero-order chi connectivity index (χ0) is 25.7. The number of hydrogen-bond acceptors (Lipinski definition) is 6. The van der Waals surface area contributed by atoms with E-state index < -0.39 is 0 Å². The lowest BCUT2D eigenvalue weighted by atomic mass is 10.1. The molecular formula is C28H26N2O5S. The number of carbonyl (C=O) groups is 3. The summed E-state index contributed by atoms with van der Waals surface area (Å²) in [5.41, 5.74) is 4.36. The van der Waals surface area contributed by atoms with Gasteiger partial charge in [-0.3, -0.25) is 19.3 Å². The maximum absolute atomic E-state index is 12.9. The fourth-order valence-corrected chi connectivity index (χ4v) is 4.54. The summed E-state index contributed by atoms with van der Waals surface area (Å²) in [5, 5.41) is 2.49. The lowest BCUT2D eigenvalue weighted by Gasteiger charge is -2.14. The van der Waals surface area contributed by atoms with E-state index in [4.69, 9.17) is 9.47 Å². The van der Waals surface area contributed by atoms with Crippen LogP contribution in [0, 0.1) is 13.8 Å². The zero-order valence-electron chi connectivity index (χ0n) is 20.2. The van der Waals surface area contributed by atoms with Gasteiger partial charge >= 0.3 is 0 Å². The largest absolute Gasteiger partial charge is 0.493 e. The number of aryl methyl sites for hydroxylation is 2. The second kappa shape index (κ2) is 11.1. The van der Waals surface area contributed by atoms with Gasteiger partial charge in [-0.15, -0.1) is 0 Å². The molecule has 0 aliphatic carbocycles. The molecule has 1 aliphatic heterocycles. The van der Waals surface area contributed by atoms with Crippen LogP contribution in [0.3, 0.4) is 0 Å². The number of nitrogens with zero attached hydrogens (tertiary/aromatic N) is 1. The lowest BCUT2D eigenvalue weighted by Crippen LogP contribution is -2.27. The fourth-order valence-electron chi connectivity index (χ4n) is 3.70. The number of carbonyl (C=O) groups excluding carboxylic acids is 3. The summed E-state index contributed by atoms with van der Waals surface area (Å²) in [6.45, 7) is 3.94. The van der Waals surface area contributed by atoms with Crippen LogP contribution >= 0.6 is 11.8 Å². The van der Waals surface area contributed by atoms with E-state index in [1.54, 1.807) is 24.3 Å². The Balaban J connectivity index is 1.43. The highest BCUT2D eigenvalue weighted by Gasteiger charge is 2.35. The molecule has 3 amide bonds. The Morgan fingerprint density at radius 1 is 1.00 bits per heavy atom. The third kappa shape index (κ3) is 5.95. The molecule has 1 saturated heterocycles. The van der Waals surface area contributed by atoms with E-state index in [0.717, 1.165) is 28.5 Å². The number of amides is 3. The summed E-state index contributed by atoms with van der Waals surface area (Å²) in [6.07, 6.45) is 1.65. The third-order valence-electron chi connectivity index (χ3n) is 5.61. The second-order valence-electron chi connectivity index (χ2n) is 8.31. The van der Waals surface area contributed by atoms with Crippen molar-refractivity contribution in [2.24, 2.45) is 0 Å². The van der Waals surface area contributed by atoms with E-state index in [1.807, 2.05) is 62.4 Å². The van der Waals surface area contributed by atoms with E-state index in [-0.39, 0.29) is 30.2 Å². The van der Waals surface area contributed by atoms with Crippen molar-refractivity contribution in [2.75, 3.05) is 19.0 Å². The number of thioether (sulfide) groups is 1. The first kappa shape index (κ1) is 25.1. The summed E-state index contributed by atoms with van der Waals surface area (Å²) < 4.78 is 11.1. The van der Waals surface area contributed by atoms with Crippen molar-refractivity contribution in [2.45, 2.75) is 20.4 Å². The number of benzene rings is 3. The van der Waals surface area contributed by atoms with Crippen molar-refractivity contribution in [3.8, 4) is 11.5 Å². The number of rotatable bonds is 8. The molecule has 1 aliphatic rings. The Bertz CT molecular complexity index is 1350. The molecule has 4 rings (SSSR count). The van der Waals surface area contributed by atoms with Crippen LogP contribution in [0.1, 0.15) is 22.3 Å². The highest BCUT2D eigenvalue weighted by Crippen LogP contribution is 2.35. The standard InChI is InChI=1S/C28H26N2O5S/c1-18-7-6-10-22(13-18)29-26(31)17-35-23-12-11-20(14-24(23)34-3)15-25-27(32)30(28(33)36-25)16-21-9-5-4-8-19(21)2/h4-15H,16-17H2,1-3H3,(H,29,31)/b25-15-. The van der Waals surface area contributed by atoms with Gasteiger partial charge in [-0.05, 0) is 78.2 Å². The summed E-state index contributed by atoms with van der Waals surface area (Å²) in [6, 6.07) is 20.3. The first-order valence-corrected chi connectivity index (χ1v) is 12.1. The van der Waals surface area contributed by atoms with Crippen LogP contribution in [-0.2, 0) is 16.1 Å². The average molecular weight is 503 g/mol. The minimum Gasteiger partial charge on any atom is -0.493 e. The number of hydrogen-bond donors (Lipinski definition) is 1. The van der Waals surface area contributed by atoms with Crippen molar-refractivity contribution in [1.82, 2.24) is 4.90 Å². The van der Waals surface area contributed by atoms with Gasteiger partial charge in [0.2, 0.25) is 0 Å². The smallest absolute Gasteiger partial charge is 0.293 e. The monoisotopic (exact) mass is 502 g/mol. The lowest BCUT2D eigenvalue weighted by molar-refractivity contribution is -0.123. The van der Waals surface area contributed by atoms with E-state index in [2.05, 4.69) is 5.32 Å². The van der Waals surface area contributed by atoms with Crippen molar-refractivity contribution in [3.05, 3.63) is 93.9 Å². The van der Waals surface area contributed by atoms with E-state index in [0.29, 0.717) is 27.7 Å². The summed E-state index contributed by atoms with van der Waals surface area (Å²) in [7, 11) is 1.49. The molecular weight excluding hydrogens is 476 g/mol. The number of imide groups is 1. The molecule has 0 radical (unpaired) electrons. The minimum atomic E-state index is -0.333. The van der Waals surface area contributed by atoms with Crippen LogP contribution in [-0.4, -0.2) is 35.7 Å². The molecule has 8 heteroatoms. The SMILES string of the molecule is COc1cc(/C=C2\SC(=O)N(Cc3ccccc3C)C2=O)ccc1OCC(=O)Nc1cccc(C)c1. The molecule has 0 spiro atoms. The van der Waals surface area contributed by atoms with Gasteiger partial charge in [0.05, 0.1) is 18.6 Å².